The summed E-state index contributed by atoms with van der Waals surface area (Å²) in [5.41, 5.74) is 2.42. The minimum Gasteiger partial charge on any atom is -0.309 e. The predicted octanol–water partition coefficient (Wildman–Crippen LogP) is 4.56. The molecule has 2 aromatic rings. The van der Waals surface area contributed by atoms with E-state index >= 15 is 0 Å². The van der Waals surface area contributed by atoms with E-state index in [1.807, 2.05) is 0 Å². The van der Waals surface area contributed by atoms with Gasteiger partial charge in [-0.15, -0.1) is 0 Å². The number of fused-ring (bicyclic) bond motifs is 1. The molecule has 2 nitrogen and oxygen atoms in total. The second-order valence-electron chi connectivity index (χ2n) is 6.11. The van der Waals surface area contributed by atoms with Crippen molar-refractivity contribution >= 4 is 22.7 Å². The number of thioether (sulfide) groups is 1. The van der Waals surface area contributed by atoms with Crippen molar-refractivity contribution < 1.29 is 0 Å². The molecule has 3 rings (SSSR count). The molecule has 0 saturated carbocycles. The van der Waals surface area contributed by atoms with Crippen molar-refractivity contribution in [2.45, 2.75) is 43.9 Å². The van der Waals surface area contributed by atoms with E-state index in [-0.39, 0.29) is 0 Å². The molecule has 3 heteroatoms. The average Bonchev–Trinajstić information content (AvgIpc) is 2.95. The minimum atomic E-state index is 0.291. The van der Waals surface area contributed by atoms with Crippen LogP contribution < -0.4 is 5.32 Å². The maximum Gasteiger partial charge on any atom is 0.0702 e. The van der Waals surface area contributed by atoms with Gasteiger partial charge in [0.15, 0.2) is 0 Å². The van der Waals surface area contributed by atoms with Gasteiger partial charge in [0.25, 0.3) is 0 Å². The maximum atomic E-state index is 4.66. The van der Waals surface area contributed by atoms with Gasteiger partial charge in [0.05, 0.1) is 5.52 Å². The maximum absolute atomic E-state index is 4.66. The molecular weight excluding hydrogens is 276 g/mol. The molecule has 2 heterocycles. The second kappa shape index (κ2) is 6.37. The molecule has 0 bridgehead atoms. The second-order valence-corrected chi connectivity index (χ2v) is 7.74. The number of para-hydroxylation sites is 1. The fourth-order valence-electron chi connectivity index (χ4n) is 3.25. The molecule has 0 spiro atoms. The molecule has 0 radical (unpaired) electrons. The number of hydrogen-bond acceptors (Lipinski definition) is 3. The van der Waals surface area contributed by atoms with Crippen LogP contribution in [0, 0.1) is 0 Å². The summed E-state index contributed by atoms with van der Waals surface area (Å²) >= 11 is 2.11. The summed E-state index contributed by atoms with van der Waals surface area (Å²) in [6.45, 7) is 5.70. The van der Waals surface area contributed by atoms with Gasteiger partial charge >= 0.3 is 0 Å². The lowest BCUT2D eigenvalue weighted by Crippen LogP contribution is -2.38. The first-order valence-electron chi connectivity index (χ1n) is 7.95. The summed E-state index contributed by atoms with van der Waals surface area (Å²) in [6.07, 6.45) is 5.84. The van der Waals surface area contributed by atoms with Crippen LogP contribution in [0.2, 0.25) is 0 Å². The summed E-state index contributed by atoms with van der Waals surface area (Å²) in [5.74, 6) is 1.28. The Labute approximate surface area is 131 Å². The molecule has 2 atom stereocenters. The van der Waals surface area contributed by atoms with Gasteiger partial charge in [-0.25, -0.2) is 0 Å². The third kappa shape index (κ3) is 3.09. The standard InChI is InChI=1S/C18H24N2S/c1-3-10-19-17(18(2)9-6-11-21-18)15-12-14-7-4-5-8-16(14)20-13-15/h4-5,7-8,12-13,17,19H,3,6,9-11H2,1-2H3. The number of pyridine rings is 1. The van der Waals surface area contributed by atoms with Crippen LogP contribution in [-0.4, -0.2) is 22.0 Å². The first-order valence-corrected chi connectivity index (χ1v) is 8.93. The van der Waals surface area contributed by atoms with E-state index in [1.165, 1.54) is 29.5 Å². The number of rotatable bonds is 5. The van der Waals surface area contributed by atoms with Crippen LogP contribution in [0.25, 0.3) is 10.9 Å². The van der Waals surface area contributed by atoms with Crippen molar-refractivity contribution in [3.63, 3.8) is 0 Å². The minimum absolute atomic E-state index is 0.291. The van der Waals surface area contributed by atoms with Gasteiger partial charge in [-0.3, -0.25) is 4.98 Å². The van der Waals surface area contributed by atoms with E-state index in [9.17, 15) is 0 Å². The Morgan fingerprint density at radius 3 is 3.00 bits per heavy atom. The molecule has 0 aliphatic carbocycles. The summed E-state index contributed by atoms with van der Waals surface area (Å²) in [6, 6.07) is 11.1. The van der Waals surface area contributed by atoms with Crippen molar-refractivity contribution in [1.82, 2.24) is 10.3 Å². The number of nitrogens with zero attached hydrogens (tertiary/aromatic N) is 1. The smallest absolute Gasteiger partial charge is 0.0702 e. The summed E-state index contributed by atoms with van der Waals surface area (Å²) < 4.78 is 0.291. The Hall–Kier alpha value is -1.06. The fraction of sp³-hybridized carbons (Fsp3) is 0.500. The van der Waals surface area contributed by atoms with E-state index in [2.05, 4.69) is 72.4 Å². The molecule has 1 aromatic heterocycles. The number of hydrogen-bond donors (Lipinski definition) is 1. The van der Waals surface area contributed by atoms with Gasteiger partial charge < -0.3 is 5.32 Å². The summed E-state index contributed by atoms with van der Waals surface area (Å²) in [4.78, 5) is 4.66. The fourth-order valence-corrected chi connectivity index (χ4v) is 4.68. The quantitative estimate of drug-likeness (QED) is 0.876. The number of aromatic nitrogens is 1. The highest BCUT2D eigenvalue weighted by atomic mass is 32.2. The molecule has 1 aliphatic rings. The average molecular weight is 300 g/mol. The molecule has 2 unspecified atom stereocenters. The van der Waals surface area contributed by atoms with Gasteiger partial charge in [0.1, 0.15) is 0 Å². The van der Waals surface area contributed by atoms with Crippen LogP contribution in [0.3, 0.4) is 0 Å². The molecule has 0 amide bonds. The van der Waals surface area contributed by atoms with Crippen LogP contribution in [0.5, 0.6) is 0 Å². The monoisotopic (exact) mass is 300 g/mol. The molecule has 21 heavy (non-hydrogen) atoms. The van der Waals surface area contributed by atoms with E-state index in [0.717, 1.165) is 18.5 Å². The van der Waals surface area contributed by atoms with Crippen LogP contribution in [-0.2, 0) is 0 Å². The van der Waals surface area contributed by atoms with Crippen molar-refractivity contribution in [3.05, 3.63) is 42.1 Å². The van der Waals surface area contributed by atoms with Crippen molar-refractivity contribution in [2.75, 3.05) is 12.3 Å². The van der Waals surface area contributed by atoms with E-state index in [4.69, 9.17) is 0 Å². The zero-order chi connectivity index (χ0) is 14.7. The largest absolute Gasteiger partial charge is 0.309 e. The van der Waals surface area contributed by atoms with Gasteiger partial charge in [-0.1, -0.05) is 25.1 Å². The Morgan fingerprint density at radius 2 is 2.24 bits per heavy atom. The van der Waals surface area contributed by atoms with Crippen molar-refractivity contribution in [1.29, 1.82) is 0 Å². The Balaban J connectivity index is 1.96. The molecule has 1 saturated heterocycles. The molecule has 1 aromatic carbocycles. The van der Waals surface area contributed by atoms with Crippen molar-refractivity contribution in [3.8, 4) is 0 Å². The highest BCUT2D eigenvalue weighted by Gasteiger charge is 2.38. The summed E-state index contributed by atoms with van der Waals surface area (Å²) in [7, 11) is 0. The van der Waals surface area contributed by atoms with Gasteiger partial charge in [-0.2, -0.15) is 11.8 Å². The third-order valence-electron chi connectivity index (χ3n) is 4.40. The Kier molecular flexibility index (Phi) is 4.51. The van der Waals surface area contributed by atoms with Gasteiger partial charge in [0.2, 0.25) is 0 Å². The summed E-state index contributed by atoms with van der Waals surface area (Å²) in [5, 5.41) is 5.01. The first-order chi connectivity index (χ1) is 10.2. The van der Waals surface area contributed by atoms with E-state index in [0.29, 0.717) is 10.8 Å². The SMILES string of the molecule is CCCNC(c1cnc2ccccc2c1)C1(C)CCCS1. The van der Waals surface area contributed by atoms with E-state index in [1.54, 1.807) is 0 Å². The van der Waals surface area contributed by atoms with E-state index < -0.39 is 0 Å². The highest BCUT2D eigenvalue weighted by molar-refractivity contribution is 8.00. The van der Waals surface area contributed by atoms with Crippen LogP contribution in [0.15, 0.2) is 36.5 Å². The topological polar surface area (TPSA) is 24.9 Å². The van der Waals surface area contributed by atoms with Crippen LogP contribution >= 0.6 is 11.8 Å². The Morgan fingerprint density at radius 1 is 1.38 bits per heavy atom. The Bertz CT molecular complexity index is 605. The highest BCUT2D eigenvalue weighted by Crippen LogP contribution is 2.46. The lowest BCUT2D eigenvalue weighted by molar-refractivity contribution is 0.413. The molecule has 1 aliphatic heterocycles. The van der Waals surface area contributed by atoms with Gasteiger partial charge in [0, 0.05) is 22.4 Å². The van der Waals surface area contributed by atoms with Crippen LogP contribution in [0.4, 0.5) is 0 Å². The zero-order valence-electron chi connectivity index (χ0n) is 12.9. The molecule has 112 valence electrons. The predicted molar refractivity (Wildman–Crippen MR) is 92.9 cm³/mol. The number of nitrogens with one attached hydrogen (secondary N) is 1. The van der Waals surface area contributed by atoms with Gasteiger partial charge in [-0.05, 0) is 56.2 Å². The molecule has 1 N–H and O–H groups in total. The first kappa shape index (κ1) is 14.9. The molecule has 1 fully saturated rings. The lowest BCUT2D eigenvalue weighted by Gasteiger charge is -2.34. The lowest BCUT2D eigenvalue weighted by atomic mass is 9.90. The zero-order valence-corrected chi connectivity index (χ0v) is 13.7. The van der Waals surface area contributed by atoms with Crippen LogP contribution in [0.1, 0.15) is 44.7 Å². The normalized spacial score (nSPS) is 23.5. The van der Waals surface area contributed by atoms with Crippen molar-refractivity contribution in [2.24, 2.45) is 0 Å². The number of benzene rings is 1. The third-order valence-corrected chi connectivity index (χ3v) is 6.00. The molecular formula is C18H24N2S.